The lowest BCUT2D eigenvalue weighted by molar-refractivity contribution is -0.129. The normalized spacial score (nSPS) is 12.5. The van der Waals surface area contributed by atoms with Crippen LogP contribution < -0.4 is 4.74 Å². The number of carbonyl (C=O) groups is 1. The number of aliphatic hydroxyl groups is 1. The highest BCUT2D eigenvalue weighted by Crippen LogP contribution is 2.15. The minimum atomic E-state index is -0.384. The molecule has 3 nitrogen and oxygen atoms in total. The van der Waals surface area contributed by atoms with Crippen molar-refractivity contribution in [2.45, 2.75) is 58.0 Å². The Kier molecular flexibility index (Phi) is 9.60. The highest BCUT2D eigenvalue weighted by molar-refractivity contribution is 6.30. The van der Waals surface area contributed by atoms with Gasteiger partial charge in [0.15, 0.2) is 0 Å². The Morgan fingerprint density at radius 2 is 1.91 bits per heavy atom. The third kappa shape index (κ3) is 8.85. The topological polar surface area (TPSA) is 46.5 Å². The minimum absolute atomic E-state index is 0.182. The summed E-state index contributed by atoms with van der Waals surface area (Å²) in [6.45, 7) is 2.13. The zero-order chi connectivity index (χ0) is 16.2. The van der Waals surface area contributed by atoms with E-state index in [1.165, 1.54) is 6.08 Å². The third-order valence-corrected chi connectivity index (χ3v) is 3.59. The Morgan fingerprint density at radius 3 is 2.59 bits per heavy atom. The molecule has 1 atom stereocenters. The van der Waals surface area contributed by atoms with Crippen molar-refractivity contribution in [1.82, 2.24) is 0 Å². The highest BCUT2D eigenvalue weighted by atomic mass is 35.5. The summed E-state index contributed by atoms with van der Waals surface area (Å²) < 4.78 is 5.13. The first-order valence-electron chi connectivity index (χ1n) is 7.93. The van der Waals surface area contributed by atoms with Gasteiger partial charge in [0, 0.05) is 11.1 Å². The number of rotatable bonds is 10. The van der Waals surface area contributed by atoms with E-state index >= 15 is 0 Å². The van der Waals surface area contributed by atoms with Crippen LogP contribution in [0.1, 0.15) is 51.9 Å². The van der Waals surface area contributed by atoms with Crippen LogP contribution in [0.3, 0.4) is 0 Å². The summed E-state index contributed by atoms with van der Waals surface area (Å²) in [7, 11) is 0. The maximum atomic E-state index is 11.6. The molecule has 0 heterocycles. The molecule has 1 aromatic carbocycles. The molecular formula is C18H25ClO3. The molecule has 1 unspecified atom stereocenters. The first-order chi connectivity index (χ1) is 10.6. The smallest absolute Gasteiger partial charge is 0.335 e. The molecule has 0 aromatic heterocycles. The van der Waals surface area contributed by atoms with Crippen LogP contribution >= 0.6 is 11.6 Å². The summed E-state index contributed by atoms with van der Waals surface area (Å²) >= 11 is 5.76. The van der Waals surface area contributed by atoms with Crippen molar-refractivity contribution in [3.63, 3.8) is 0 Å². The van der Waals surface area contributed by atoms with E-state index in [2.05, 4.69) is 6.92 Å². The lowest BCUT2D eigenvalue weighted by Gasteiger charge is -2.08. The minimum Gasteiger partial charge on any atom is -0.423 e. The second-order valence-corrected chi connectivity index (χ2v) is 5.79. The summed E-state index contributed by atoms with van der Waals surface area (Å²) in [6.07, 6.45) is 9.76. The summed E-state index contributed by atoms with van der Waals surface area (Å²) in [5, 5.41) is 10.3. The molecular weight excluding hydrogens is 300 g/mol. The van der Waals surface area contributed by atoms with Crippen LogP contribution in [-0.2, 0) is 4.79 Å². The largest absolute Gasteiger partial charge is 0.423 e. The van der Waals surface area contributed by atoms with Gasteiger partial charge in [-0.3, -0.25) is 0 Å². The fraction of sp³-hybridized carbons (Fsp3) is 0.500. The average Bonchev–Trinajstić information content (AvgIpc) is 2.51. The molecule has 1 N–H and O–H groups in total. The van der Waals surface area contributed by atoms with Gasteiger partial charge in [-0.15, -0.1) is 0 Å². The predicted octanol–water partition coefficient (Wildman–Crippen LogP) is 4.91. The van der Waals surface area contributed by atoms with Gasteiger partial charge < -0.3 is 9.84 Å². The zero-order valence-corrected chi connectivity index (χ0v) is 13.9. The molecule has 0 aliphatic rings. The molecule has 0 aliphatic heterocycles. The van der Waals surface area contributed by atoms with Crippen molar-refractivity contribution in [1.29, 1.82) is 0 Å². The number of carbonyl (C=O) groups excluding carboxylic acids is 1. The summed E-state index contributed by atoms with van der Waals surface area (Å²) in [5.74, 6) is 0.100. The monoisotopic (exact) mass is 324 g/mol. The summed E-state index contributed by atoms with van der Waals surface area (Å²) in [5.41, 5.74) is 0. The van der Waals surface area contributed by atoms with Crippen molar-refractivity contribution < 1.29 is 14.6 Å². The molecule has 22 heavy (non-hydrogen) atoms. The zero-order valence-electron chi connectivity index (χ0n) is 13.1. The molecule has 1 aromatic rings. The standard InChI is InChI=1S/C18H25ClO3/c1-2-3-8-16(20)9-6-4-5-7-10-18(21)22-17-13-11-15(19)12-14-17/h7,10-14,16,20H,2-6,8-9H2,1H3. The highest BCUT2D eigenvalue weighted by Gasteiger charge is 2.02. The predicted molar refractivity (Wildman–Crippen MR) is 90.2 cm³/mol. The van der Waals surface area contributed by atoms with Gasteiger partial charge in [0.25, 0.3) is 0 Å². The van der Waals surface area contributed by atoms with Crippen molar-refractivity contribution in [2.75, 3.05) is 0 Å². The van der Waals surface area contributed by atoms with Crippen LogP contribution in [0.2, 0.25) is 5.02 Å². The average molecular weight is 325 g/mol. The van der Waals surface area contributed by atoms with Crippen molar-refractivity contribution in [3.05, 3.63) is 41.4 Å². The number of ether oxygens (including phenoxy) is 1. The lowest BCUT2D eigenvalue weighted by atomic mass is 10.1. The molecule has 0 spiro atoms. The van der Waals surface area contributed by atoms with Gasteiger partial charge in [-0.05, 0) is 49.9 Å². The summed E-state index contributed by atoms with van der Waals surface area (Å²) in [6, 6.07) is 6.67. The van der Waals surface area contributed by atoms with Gasteiger partial charge >= 0.3 is 5.97 Å². The number of hydrogen-bond donors (Lipinski definition) is 1. The summed E-state index contributed by atoms with van der Waals surface area (Å²) in [4.78, 5) is 11.6. The van der Waals surface area contributed by atoms with Crippen molar-refractivity contribution >= 4 is 17.6 Å². The Morgan fingerprint density at radius 1 is 1.23 bits per heavy atom. The number of benzene rings is 1. The molecule has 0 bridgehead atoms. The molecule has 0 saturated heterocycles. The van der Waals surface area contributed by atoms with Crippen LogP contribution in [0.15, 0.2) is 36.4 Å². The lowest BCUT2D eigenvalue weighted by Crippen LogP contribution is -2.05. The van der Waals surface area contributed by atoms with Gasteiger partial charge in [0.1, 0.15) is 5.75 Å². The van der Waals surface area contributed by atoms with Crippen LogP contribution in [0.4, 0.5) is 0 Å². The third-order valence-electron chi connectivity index (χ3n) is 3.34. The van der Waals surface area contributed by atoms with Gasteiger partial charge in [-0.1, -0.05) is 43.9 Å². The second-order valence-electron chi connectivity index (χ2n) is 5.36. The van der Waals surface area contributed by atoms with E-state index in [1.54, 1.807) is 24.3 Å². The fourth-order valence-corrected chi connectivity index (χ4v) is 2.18. The van der Waals surface area contributed by atoms with E-state index in [-0.39, 0.29) is 12.1 Å². The first kappa shape index (κ1) is 18.7. The van der Waals surface area contributed by atoms with Crippen LogP contribution in [0, 0.1) is 0 Å². The number of esters is 1. The van der Waals surface area contributed by atoms with E-state index in [0.717, 1.165) is 44.9 Å². The Labute approximate surface area is 137 Å². The van der Waals surface area contributed by atoms with E-state index in [0.29, 0.717) is 10.8 Å². The fourth-order valence-electron chi connectivity index (χ4n) is 2.06. The van der Waals surface area contributed by atoms with E-state index in [4.69, 9.17) is 16.3 Å². The number of allylic oxidation sites excluding steroid dienone is 1. The number of aliphatic hydroxyl groups excluding tert-OH is 1. The maximum absolute atomic E-state index is 11.6. The SMILES string of the molecule is CCCCC(O)CCCCC=CC(=O)Oc1ccc(Cl)cc1. The molecule has 0 amide bonds. The van der Waals surface area contributed by atoms with Gasteiger partial charge in [-0.2, -0.15) is 0 Å². The van der Waals surface area contributed by atoms with E-state index in [9.17, 15) is 9.90 Å². The van der Waals surface area contributed by atoms with E-state index < -0.39 is 0 Å². The molecule has 0 radical (unpaired) electrons. The molecule has 4 heteroatoms. The Bertz CT molecular complexity index is 454. The maximum Gasteiger partial charge on any atom is 0.335 e. The van der Waals surface area contributed by atoms with Gasteiger partial charge in [-0.25, -0.2) is 4.79 Å². The molecule has 0 saturated carbocycles. The van der Waals surface area contributed by atoms with Gasteiger partial charge in [0.2, 0.25) is 0 Å². The first-order valence-corrected chi connectivity index (χ1v) is 8.31. The quantitative estimate of drug-likeness (QED) is 0.288. The van der Waals surface area contributed by atoms with Crippen LogP contribution in [-0.4, -0.2) is 17.2 Å². The van der Waals surface area contributed by atoms with E-state index in [1.807, 2.05) is 6.08 Å². The second kappa shape index (κ2) is 11.3. The van der Waals surface area contributed by atoms with Gasteiger partial charge in [0.05, 0.1) is 6.10 Å². The molecule has 0 fully saturated rings. The van der Waals surface area contributed by atoms with Crippen LogP contribution in [0.25, 0.3) is 0 Å². The number of halogens is 1. The van der Waals surface area contributed by atoms with Crippen molar-refractivity contribution in [3.8, 4) is 5.75 Å². The molecule has 1 rings (SSSR count). The molecule has 122 valence electrons. The van der Waals surface area contributed by atoms with Crippen molar-refractivity contribution in [2.24, 2.45) is 0 Å². The number of hydrogen-bond acceptors (Lipinski definition) is 3. The Balaban J connectivity index is 2.12. The number of unbranched alkanes of at least 4 members (excludes halogenated alkanes) is 3. The molecule has 0 aliphatic carbocycles. The Hall–Kier alpha value is -1.32. The van der Waals surface area contributed by atoms with Crippen LogP contribution in [0.5, 0.6) is 5.75 Å².